The second kappa shape index (κ2) is 6.17. The van der Waals surface area contributed by atoms with Gasteiger partial charge in [-0.3, -0.25) is 0 Å². The number of anilines is 1. The summed E-state index contributed by atoms with van der Waals surface area (Å²) in [6.07, 6.45) is 3.58. The van der Waals surface area contributed by atoms with Gasteiger partial charge < -0.3 is 10.6 Å². The molecular weight excluding hydrogens is 244 g/mol. The Hall–Kier alpha value is -1.02. The van der Waals surface area contributed by atoms with E-state index in [4.69, 9.17) is 5.73 Å². The van der Waals surface area contributed by atoms with Gasteiger partial charge in [0.2, 0.25) is 0 Å². The summed E-state index contributed by atoms with van der Waals surface area (Å²) in [7, 11) is 0. The molecule has 2 N–H and O–H groups in total. The monoisotopic (exact) mass is 274 g/mol. The van der Waals surface area contributed by atoms with E-state index in [1.807, 2.05) is 0 Å². The number of nitrogens with two attached hydrogens (primary N) is 1. The van der Waals surface area contributed by atoms with E-state index in [1.165, 1.54) is 24.1 Å². The Bertz CT molecular complexity index is 425. The Morgan fingerprint density at radius 3 is 2.35 bits per heavy atom. The zero-order chi connectivity index (χ0) is 14.8. The van der Waals surface area contributed by atoms with Crippen molar-refractivity contribution in [3.05, 3.63) is 29.8 Å². The van der Waals surface area contributed by atoms with Crippen molar-refractivity contribution in [3.63, 3.8) is 0 Å². The molecule has 2 heteroatoms. The van der Waals surface area contributed by atoms with Gasteiger partial charge in [0.1, 0.15) is 0 Å². The summed E-state index contributed by atoms with van der Waals surface area (Å²) in [4.78, 5) is 2.53. The summed E-state index contributed by atoms with van der Waals surface area (Å²) in [5.74, 6) is 0.839. The van der Waals surface area contributed by atoms with Crippen LogP contribution in [0, 0.1) is 11.3 Å². The molecular formula is C18H30N2. The normalized spacial score (nSPS) is 19.1. The van der Waals surface area contributed by atoms with E-state index in [9.17, 15) is 0 Å². The minimum absolute atomic E-state index is 0.159. The van der Waals surface area contributed by atoms with Gasteiger partial charge in [0.15, 0.2) is 0 Å². The molecule has 0 bridgehead atoms. The van der Waals surface area contributed by atoms with E-state index in [-0.39, 0.29) is 6.04 Å². The Balaban J connectivity index is 2.11. The quantitative estimate of drug-likeness (QED) is 0.887. The van der Waals surface area contributed by atoms with Crippen LogP contribution in [0.5, 0.6) is 0 Å². The Kier molecular flexibility index (Phi) is 4.74. The zero-order valence-electron chi connectivity index (χ0n) is 13.5. The fourth-order valence-corrected chi connectivity index (χ4v) is 3.30. The van der Waals surface area contributed by atoms with E-state index >= 15 is 0 Å². The first-order valence-electron chi connectivity index (χ1n) is 8.03. The summed E-state index contributed by atoms with van der Waals surface area (Å²) < 4.78 is 0. The smallest absolute Gasteiger partial charge is 0.0414 e. The molecule has 0 aliphatic carbocycles. The molecule has 0 unspecified atom stereocenters. The van der Waals surface area contributed by atoms with Crippen LogP contribution in [0.1, 0.15) is 58.6 Å². The molecule has 0 saturated carbocycles. The average molecular weight is 274 g/mol. The first kappa shape index (κ1) is 15.4. The molecule has 1 saturated heterocycles. The van der Waals surface area contributed by atoms with Crippen LogP contribution in [-0.2, 0) is 0 Å². The van der Waals surface area contributed by atoms with Crippen LogP contribution in [-0.4, -0.2) is 13.1 Å². The summed E-state index contributed by atoms with van der Waals surface area (Å²) in [6, 6.07) is 8.83. The molecule has 1 fully saturated rings. The third-order valence-corrected chi connectivity index (χ3v) is 4.84. The molecule has 1 aliphatic rings. The highest BCUT2D eigenvalue weighted by Gasteiger charge is 2.29. The molecule has 2 rings (SSSR count). The van der Waals surface area contributed by atoms with E-state index in [2.05, 4.69) is 56.9 Å². The van der Waals surface area contributed by atoms with Gasteiger partial charge in [-0.25, -0.2) is 0 Å². The van der Waals surface area contributed by atoms with Crippen LogP contribution < -0.4 is 10.6 Å². The van der Waals surface area contributed by atoms with Crippen molar-refractivity contribution < 1.29 is 0 Å². The molecule has 1 atom stereocenters. The highest BCUT2D eigenvalue weighted by molar-refractivity contribution is 5.55. The summed E-state index contributed by atoms with van der Waals surface area (Å²) in [6.45, 7) is 11.6. The molecule has 1 aromatic rings. The average Bonchev–Trinajstić information content (AvgIpc) is 2.45. The number of hydrogen-bond acceptors (Lipinski definition) is 2. The van der Waals surface area contributed by atoms with E-state index in [0.717, 1.165) is 25.4 Å². The number of rotatable bonds is 3. The number of piperidine rings is 1. The summed E-state index contributed by atoms with van der Waals surface area (Å²) in [5.41, 5.74) is 9.37. The maximum Gasteiger partial charge on any atom is 0.0414 e. The van der Waals surface area contributed by atoms with Crippen molar-refractivity contribution in [3.8, 4) is 0 Å². The first-order valence-corrected chi connectivity index (χ1v) is 8.03. The van der Waals surface area contributed by atoms with E-state index in [0.29, 0.717) is 5.41 Å². The summed E-state index contributed by atoms with van der Waals surface area (Å²) >= 11 is 0. The van der Waals surface area contributed by atoms with Crippen LogP contribution in [0.4, 0.5) is 5.69 Å². The zero-order valence-corrected chi connectivity index (χ0v) is 13.5. The lowest BCUT2D eigenvalue weighted by atomic mass is 9.75. The van der Waals surface area contributed by atoms with Gasteiger partial charge in [0.25, 0.3) is 0 Å². The third-order valence-electron chi connectivity index (χ3n) is 4.84. The van der Waals surface area contributed by atoms with Gasteiger partial charge in [-0.2, -0.15) is 0 Å². The van der Waals surface area contributed by atoms with Crippen LogP contribution in [0.2, 0.25) is 0 Å². The number of hydrogen-bond donors (Lipinski definition) is 1. The highest BCUT2D eigenvalue weighted by Crippen LogP contribution is 2.37. The minimum atomic E-state index is 0.159. The molecule has 1 aliphatic heterocycles. The van der Waals surface area contributed by atoms with Gasteiger partial charge in [0.05, 0.1) is 0 Å². The van der Waals surface area contributed by atoms with Crippen molar-refractivity contribution in [1.29, 1.82) is 0 Å². The molecule has 0 amide bonds. The lowest BCUT2D eigenvalue weighted by Gasteiger charge is -2.40. The van der Waals surface area contributed by atoms with Crippen molar-refractivity contribution in [2.24, 2.45) is 17.1 Å². The second-order valence-electron chi connectivity index (χ2n) is 7.20. The van der Waals surface area contributed by atoms with Gasteiger partial charge in [-0.05, 0) is 42.2 Å². The maximum atomic E-state index is 6.27. The molecule has 0 radical (unpaired) electrons. The third kappa shape index (κ3) is 3.35. The molecule has 112 valence electrons. The number of nitrogens with zero attached hydrogens (tertiary/aromatic N) is 1. The Labute approximate surface area is 124 Å². The van der Waals surface area contributed by atoms with Crippen molar-refractivity contribution >= 4 is 5.69 Å². The minimum Gasteiger partial charge on any atom is -0.371 e. The number of benzene rings is 1. The molecule has 0 spiro atoms. The van der Waals surface area contributed by atoms with Crippen LogP contribution in [0.3, 0.4) is 0 Å². The first-order chi connectivity index (χ1) is 9.43. The SMILES string of the molecule is CC[C@H](N)c1ccccc1N1CCC(C(C)(C)C)CC1. The van der Waals surface area contributed by atoms with Gasteiger partial charge in [-0.15, -0.1) is 0 Å². The predicted octanol–water partition coefficient (Wildman–Crippen LogP) is 4.36. The number of para-hydroxylation sites is 1. The van der Waals surface area contributed by atoms with E-state index in [1.54, 1.807) is 0 Å². The van der Waals surface area contributed by atoms with E-state index < -0.39 is 0 Å². The van der Waals surface area contributed by atoms with Crippen molar-refractivity contribution in [2.45, 2.75) is 53.0 Å². The van der Waals surface area contributed by atoms with Gasteiger partial charge in [0, 0.05) is 24.8 Å². The van der Waals surface area contributed by atoms with Crippen LogP contribution in [0.15, 0.2) is 24.3 Å². The van der Waals surface area contributed by atoms with Crippen molar-refractivity contribution in [2.75, 3.05) is 18.0 Å². The summed E-state index contributed by atoms with van der Waals surface area (Å²) in [5, 5.41) is 0. The standard InChI is InChI=1S/C18H30N2/c1-5-16(19)15-8-6-7-9-17(15)20-12-10-14(11-13-20)18(2,3)4/h6-9,14,16H,5,10-13,19H2,1-4H3/t16-/m0/s1. The topological polar surface area (TPSA) is 29.3 Å². The van der Waals surface area contributed by atoms with Gasteiger partial charge in [-0.1, -0.05) is 45.9 Å². The fraction of sp³-hybridized carbons (Fsp3) is 0.667. The molecule has 0 aromatic heterocycles. The Morgan fingerprint density at radius 2 is 1.80 bits per heavy atom. The Morgan fingerprint density at radius 1 is 1.20 bits per heavy atom. The molecule has 20 heavy (non-hydrogen) atoms. The molecule has 2 nitrogen and oxygen atoms in total. The lowest BCUT2D eigenvalue weighted by Crippen LogP contribution is -2.38. The van der Waals surface area contributed by atoms with Crippen LogP contribution >= 0.6 is 0 Å². The predicted molar refractivity (Wildman–Crippen MR) is 88.1 cm³/mol. The maximum absolute atomic E-state index is 6.27. The van der Waals surface area contributed by atoms with Gasteiger partial charge >= 0.3 is 0 Å². The lowest BCUT2D eigenvalue weighted by molar-refractivity contribution is 0.199. The highest BCUT2D eigenvalue weighted by atomic mass is 15.1. The van der Waals surface area contributed by atoms with Crippen molar-refractivity contribution in [1.82, 2.24) is 0 Å². The largest absolute Gasteiger partial charge is 0.371 e. The second-order valence-corrected chi connectivity index (χ2v) is 7.20. The van der Waals surface area contributed by atoms with Crippen LogP contribution in [0.25, 0.3) is 0 Å². The fourth-order valence-electron chi connectivity index (χ4n) is 3.30. The molecule has 1 heterocycles. The molecule has 1 aromatic carbocycles.